The fourth-order valence-electron chi connectivity index (χ4n) is 2.84. The number of pyridine rings is 1. The molecule has 3 rings (SSSR count). The molecule has 0 bridgehead atoms. The molecule has 10 heteroatoms. The fraction of sp³-hybridized carbons (Fsp3) is 0.421. The molecule has 0 atom stereocenters. The van der Waals surface area contributed by atoms with Crippen molar-refractivity contribution in [1.82, 2.24) is 19.9 Å². The molecule has 1 saturated heterocycles. The molecule has 0 spiro atoms. The van der Waals surface area contributed by atoms with E-state index in [2.05, 4.69) is 20.3 Å². The Kier molecular flexibility index (Phi) is 6.90. The number of anilines is 2. The Labute approximate surface area is 168 Å². The van der Waals surface area contributed by atoms with E-state index in [0.29, 0.717) is 50.1 Å². The van der Waals surface area contributed by atoms with Crippen LogP contribution in [0.25, 0.3) is 0 Å². The van der Waals surface area contributed by atoms with Crippen LogP contribution >= 0.6 is 0 Å². The molecule has 1 aliphatic heterocycles. The summed E-state index contributed by atoms with van der Waals surface area (Å²) < 4.78 is 10.0. The van der Waals surface area contributed by atoms with Gasteiger partial charge in [0.15, 0.2) is 5.69 Å². The summed E-state index contributed by atoms with van der Waals surface area (Å²) in [7, 11) is 1.56. The van der Waals surface area contributed by atoms with Crippen molar-refractivity contribution in [1.29, 1.82) is 0 Å². The number of ether oxygens (including phenoxy) is 2. The Morgan fingerprint density at radius 3 is 2.62 bits per heavy atom. The summed E-state index contributed by atoms with van der Waals surface area (Å²) in [6.07, 6.45) is 2.89. The van der Waals surface area contributed by atoms with Gasteiger partial charge in [0, 0.05) is 39.5 Å². The van der Waals surface area contributed by atoms with E-state index in [-0.39, 0.29) is 24.3 Å². The number of nitrogens with one attached hydrogen (secondary N) is 1. The van der Waals surface area contributed by atoms with Crippen LogP contribution in [-0.4, -0.2) is 78.4 Å². The third-order valence-corrected chi connectivity index (χ3v) is 4.44. The minimum Gasteiger partial charge on any atom is -0.447 e. The second-order valence-electron chi connectivity index (χ2n) is 6.41. The molecule has 2 aromatic heterocycles. The van der Waals surface area contributed by atoms with Gasteiger partial charge < -0.3 is 24.6 Å². The lowest BCUT2D eigenvalue weighted by molar-refractivity contribution is 0.0705. The van der Waals surface area contributed by atoms with Gasteiger partial charge >= 0.3 is 6.09 Å². The van der Waals surface area contributed by atoms with Gasteiger partial charge in [-0.2, -0.15) is 0 Å². The Hall–Kier alpha value is -3.27. The van der Waals surface area contributed by atoms with E-state index < -0.39 is 0 Å². The second kappa shape index (κ2) is 9.78. The number of carbonyl (C=O) groups is 2. The van der Waals surface area contributed by atoms with E-state index in [1.165, 1.54) is 0 Å². The summed E-state index contributed by atoms with van der Waals surface area (Å²) >= 11 is 0. The molecule has 1 N–H and O–H groups in total. The molecule has 2 aromatic rings. The minimum absolute atomic E-state index is 0.230. The fourth-order valence-corrected chi connectivity index (χ4v) is 2.84. The van der Waals surface area contributed by atoms with Crippen molar-refractivity contribution in [2.24, 2.45) is 0 Å². The van der Waals surface area contributed by atoms with Crippen LogP contribution in [0.15, 0.2) is 30.6 Å². The largest absolute Gasteiger partial charge is 0.447 e. The zero-order valence-corrected chi connectivity index (χ0v) is 16.5. The molecule has 0 aliphatic carbocycles. The second-order valence-corrected chi connectivity index (χ2v) is 6.41. The molecule has 1 fully saturated rings. The molecule has 2 amide bonds. The van der Waals surface area contributed by atoms with E-state index in [4.69, 9.17) is 9.47 Å². The van der Waals surface area contributed by atoms with Gasteiger partial charge in [-0.1, -0.05) is 6.07 Å². The molecule has 1 aliphatic rings. The van der Waals surface area contributed by atoms with Gasteiger partial charge in [0.2, 0.25) is 0 Å². The van der Waals surface area contributed by atoms with E-state index in [1.54, 1.807) is 49.5 Å². The summed E-state index contributed by atoms with van der Waals surface area (Å²) in [5, 5.41) is 2.72. The molecule has 0 aromatic carbocycles. The predicted molar refractivity (Wildman–Crippen MR) is 106 cm³/mol. The third-order valence-electron chi connectivity index (χ3n) is 4.44. The molecule has 0 saturated carbocycles. The Balaban J connectivity index is 1.61. The Morgan fingerprint density at radius 2 is 1.93 bits per heavy atom. The maximum atomic E-state index is 12.6. The zero-order valence-electron chi connectivity index (χ0n) is 16.5. The topological polar surface area (TPSA) is 110 Å². The minimum atomic E-state index is -0.365. The first-order valence-electron chi connectivity index (χ1n) is 9.30. The van der Waals surface area contributed by atoms with Crippen molar-refractivity contribution >= 4 is 23.6 Å². The van der Waals surface area contributed by atoms with Crippen molar-refractivity contribution in [3.63, 3.8) is 0 Å². The van der Waals surface area contributed by atoms with Crippen molar-refractivity contribution < 1.29 is 19.1 Å². The highest BCUT2D eigenvalue weighted by atomic mass is 16.6. The molecular formula is C19H24N6O4. The highest BCUT2D eigenvalue weighted by Gasteiger charge is 2.24. The smallest absolute Gasteiger partial charge is 0.409 e. The molecule has 29 heavy (non-hydrogen) atoms. The van der Waals surface area contributed by atoms with Crippen LogP contribution in [0.3, 0.4) is 0 Å². The molecule has 0 radical (unpaired) electrons. The average molecular weight is 400 g/mol. The van der Waals surface area contributed by atoms with Gasteiger partial charge in [0.05, 0.1) is 18.5 Å². The lowest BCUT2D eigenvalue weighted by Gasteiger charge is -2.34. The van der Waals surface area contributed by atoms with Crippen LogP contribution < -0.4 is 10.2 Å². The lowest BCUT2D eigenvalue weighted by Crippen LogP contribution is -2.49. The van der Waals surface area contributed by atoms with Gasteiger partial charge in [-0.05, 0) is 19.1 Å². The van der Waals surface area contributed by atoms with Gasteiger partial charge in [-0.15, -0.1) is 0 Å². The quantitative estimate of drug-likeness (QED) is 0.724. The first-order chi connectivity index (χ1) is 14.1. The number of hydrogen-bond acceptors (Lipinski definition) is 8. The Bertz CT molecular complexity index is 840. The van der Waals surface area contributed by atoms with Gasteiger partial charge in [0.1, 0.15) is 18.2 Å². The standard InChI is InChI=1S/C19H24N6O4/c1-14-17(18(26)22-15-5-3-4-6-20-15)23-16(13-21-14)24-7-9-25(10-8-24)19(27)29-12-11-28-2/h3-6,13H,7-12H2,1-2H3,(H,20,22,26). The SMILES string of the molecule is COCCOC(=O)N1CCN(c2cnc(C)c(C(=O)Nc3ccccn3)n2)CC1. The van der Waals surface area contributed by atoms with Crippen LogP contribution in [0.1, 0.15) is 16.2 Å². The maximum Gasteiger partial charge on any atom is 0.409 e. The van der Waals surface area contributed by atoms with Crippen LogP contribution in [0, 0.1) is 6.92 Å². The number of nitrogens with zero attached hydrogens (tertiary/aromatic N) is 5. The molecule has 154 valence electrons. The first kappa shape index (κ1) is 20.5. The number of carbonyl (C=O) groups excluding carboxylic acids is 2. The number of aryl methyl sites for hydroxylation is 1. The van der Waals surface area contributed by atoms with Crippen molar-refractivity contribution in [3.8, 4) is 0 Å². The molecule has 0 unspecified atom stereocenters. The van der Waals surface area contributed by atoms with Crippen LogP contribution in [0.4, 0.5) is 16.4 Å². The van der Waals surface area contributed by atoms with Gasteiger partial charge in [0.25, 0.3) is 5.91 Å². The molecule has 10 nitrogen and oxygen atoms in total. The van der Waals surface area contributed by atoms with Crippen molar-refractivity contribution in [3.05, 3.63) is 42.0 Å². The predicted octanol–water partition coefficient (Wildman–Crippen LogP) is 1.34. The third kappa shape index (κ3) is 5.38. The number of aromatic nitrogens is 3. The summed E-state index contributed by atoms with van der Waals surface area (Å²) in [6, 6.07) is 5.27. The molecular weight excluding hydrogens is 376 g/mol. The summed E-state index contributed by atoms with van der Waals surface area (Å²) in [6.45, 7) is 4.46. The Morgan fingerprint density at radius 1 is 1.14 bits per heavy atom. The van der Waals surface area contributed by atoms with E-state index in [0.717, 1.165) is 0 Å². The number of amides is 2. The summed E-state index contributed by atoms with van der Waals surface area (Å²) in [5.41, 5.74) is 0.775. The lowest BCUT2D eigenvalue weighted by atomic mass is 10.3. The van der Waals surface area contributed by atoms with Crippen LogP contribution in [0.5, 0.6) is 0 Å². The number of piperazine rings is 1. The van der Waals surface area contributed by atoms with E-state index in [9.17, 15) is 9.59 Å². The monoisotopic (exact) mass is 400 g/mol. The summed E-state index contributed by atoms with van der Waals surface area (Å²) in [4.78, 5) is 41.1. The summed E-state index contributed by atoms with van der Waals surface area (Å²) in [5.74, 6) is 0.676. The van der Waals surface area contributed by atoms with Crippen LogP contribution in [-0.2, 0) is 9.47 Å². The van der Waals surface area contributed by atoms with Crippen LogP contribution in [0.2, 0.25) is 0 Å². The van der Waals surface area contributed by atoms with E-state index >= 15 is 0 Å². The van der Waals surface area contributed by atoms with Gasteiger partial charge in [-0.3, -0.25) is 9.78 Å². The van der Waals surface area contributed by atoms with Crippen molar-refractivity contribution in [2.45, 2.75) is 6.92 Å². The number of methoxy groups -OCH3 is 1. The highest BCUT2D eigenvalue weighted by molar-refractivity contribution is 6.03. The maximum absolute atomic E-state index is 12.6. The van der Waals surface area contributed by atoms with E-state index in [1.807, 2.05) is 4.90 Å². The average Bonchev–Trinajstić information content (AvgIpc) is 2.75. The number of hydrogen-bond donors (Lipinski definition) is 1. The van der Waals surface area contributed by atoms with Crippen molar-refractivity contribution in [2.75, 3.05) is 56.7 Å². The normalized spacial score (nSPS) is 13.9. The molecule has 3 heterocycles. The zero-order chi connectivity index (χ0) is 20.6. The first-order valence-corrected chi connectivity index (χ1v) is 9.30. The number of rotatable bonds is 6. The van der Waals surface area contributed by atoms with Gasteiger partial charge in [-0.25, -0.2) is 14.8 Å². The highest BCUT2D eigenvalue weighted by Crippen LogP contribution is 2.16.